The summed E-state index contributed by atoms with van der Waals surface area (Å²) >= 11 is 5.16. The smallest absolute Gasteiger partial charge is 0.195 e. The Labute approximate surface area is 104 Å². The number of halogens is 1. The molecule has 1 heterocycles. The number of guanidine groups is 1. The minimum Gasteiger partial charge on any atom is -0.349 e. The number of aliphatic imine (C=N–C) groups is 1. The van der Waals surface area contributed by atoms with Crippen LogP contribution in [0.3, 0.4) is 0 Å². The number of hydrogen-bond acceptors (Lipinski definition) is 2. The quantitative estimate of drug-likeness (QED) is 0.615. The highest BCUT2D eigenvalue weighted by Crippen LogP contribution is 2.20. The zero-order valence-electron chi connectivity index (χ0n) is 9.49. The molecular formula is C10H16BrN3S. The predicted molar refractivity (Wildman–Crippen MR) is 70.5 cm³/mol. The standard InChI is InChI=1S/C10H16BrN3S/c1-13(2)10(14(3)4)12-6-9-5-8(11)7-15-9/h5,7H,6H2,1-4H3. The van der Waals surface area contributed by atoms with Gasteiger partial charge in [0.2, 0.25) is 0 Å². The summed E-state index contributed by atoms with van der Waals surface area (Å²) in [6.45, 7) is 0.738. The Morgan fingerprint density at radius 1 is 1.33 bits per heavy atom. The fourth-order valence-corrected chi connectivity index (χ4v) is 2.64. The summed E-state index contributed by atoms with van der Waals surface area (Å²) in [6, 6.07) is 2.11. The number of rotatable bonds is 2. The molecule has 0 radical (unpaired) electrons. The van der Waals surface area contributed by atoms with Crippen molar-refractivity contribution >= 4 is 33.2 Å². The topological polar surface area (TPSA) is 18.8 Å². The lowest BCUT2D eigenvalue weighted by atomic mass is 10.5. The molecule has 1 aromatic rings. The Hall–Kier alpha value is -0.550. The maximum absolute atomic E-state index is 4.56. The fraction of sp³-hybridized carbons (Fsp3) is 0.500. The van der Waals surface area contributed by atoms with Crippen LogP contribution in [-0.2, 0) is 6.54 Å². The first-order valence-corrected chi connectivity index (χ1v) is 6.30. The molecule has 0 N–H and O–H groups in total. The van der Waals surface area contributed by atoms with Crippen LogP contribution in [0.25, 0.3) is 0 Å². The first kappa shape index (κ1) is 12.5. The number of nitrogens with zero attached hydrogens (tertiary/aromatic N) is 3. The maximum atomic E-state index is 4.56. The lowest BCUT2D eigenvalue weighted by Crippen LogP contribution is -2.35. The van der Waals surface area contributed by atoms with E-state index in [-0.39, 0.29) is 0 Å². The van der Waals surface area contributed by atoms with Gasteiger partial charge in [0.1, 0.15) is 0 Å². The van der Waals surface area contributed by atoms with Gasteiger partial charge in [-0.1, -0.05) is 0 Å². The van der Waals surface area contributed by atoms with Crippen LogP contribution >= 0.6 is 27.3 Å². The van der Waals surface area contributed by atoms with Gasteiger partial charge in [-0.2, -0.15) is 0 Å². The van der Waals surface area contributed by atoms with E-state index in [4.69, 9.17) is 0 Å². The second kappa shape index (κ2) is 5.51. The van der Waals surface area contributed by atoms with Gasteiger partial charge in [0.25, 0.3) is 0 Å². The summed E-state index contributed by atoms with van der Waals surface area (Å²) in [7, 11) is 8.01. The Morgan fingerprint density at radius 2 is 1.93 bits per heavy atom. The molecule has 0 amide bonds. The van der Waals surface area contributed by atoms with Gasteiger partial charge in [-0.25, -0.2) is 4.99 Å². The van der Waals surface area contributed by atoms with Gasteiger partial charge in [0, 0.05) is 42.9 Å². The molecule has 1 aromatic heterocycles. The first-order valence-electron chi connectivity index (χ1n) is 4.62. The van der Waals surface area contributed by atoms with Crippen LogP contribution < -0.4 is 0 Å². The molecule has 84 valence electrons. The lowest BCUT2D eigenvalue weighted by molar-refractivity contribution is 0.479. The van der Waals surface area contributed by atoms with E-state index in [1.54, 1.807) is 11.3 Å². The van der Waals surface area contributed by atoms with Crippen molar-refractivity contribution in [3.8, 4) is 0 Å². The average Bonchev–Trinajstić information content (AvgIpc) is 2.50. The molecule has 15 heavy (non-hydrogen) atoms. The molecule has 0 saturated heterocycles. The largest absolute Gasteiger partial charge is 0.349 e. The molecule has 0 aliphatic rings. The van der Waals surface area contributed by atoms with E-state index < -0.39 is 0 Å². The summed E-state index contributed by atoms with van der Waals surface area (Å²) in [4.78, 5) is 9.86. The van der Waals surface area contributed by atoms with Crippen LogP contribution in [-0.4, -0.2) is 44.0 Å². The molecule has 0 atom stereocenters. The SMILES string of the molecule is CN(C)C(=NCc1cc(Br)cs1)N(C)C. The Kier molecular flexibility index (Phi) is 4.60. The van der Waals surface area contributed by atoms with Crippen molar-refractivity contribution in [2.75, 3.05) is 28.2 Å². The molecular weight excluding hydrogens is 274 g/mol. The normalized spacial score (nSPS) is 9.93. The third-order valence-corrected chi connectivity index (χ3v) is 3.48. The van der Waals surface area contributed by atoms with Gasteiger partial charge in [-0.05, 0) is 22.0 Å². The Balaban J connectivity index is 2.69. The molecule has 0 aliphatic heterocycles. The van der Waals surface area contributed by atoms with Crippen molar-refractivity contribution < 1.29 is 0 Å². The third-order valence-electron chi connectivity index (χ3n) is 1.80. The zero-order valence-corrected chi connectivity index (χ0v) is 11.9. The number of hydrogen-bond donors (Lipinski definition) is 0. The van der Waals surface area contributed by atoms with Gasteiger partial charge >= 0.3 is 0 Å². The molecule has 3 nitrogen and oxygen atoms in total. The molecule has 5 heteroatoms. The van der Waals surface area contributed by atoms with Gasteiger partial charge in [0.15, 0.2) is 5.96 Å². The van der Waals surface area contributed by atoms with E-state index in [1.165, 1.54) is 4.88 Å². The highest BCUT2D eigenvalue weighted by Gasteiger charge is 2.04. The highest BCUT2D eigenvalue weighted by atomic mass is 79.9. The van der Waals surface area contributed by atoms with E-state index >= 15 is 0 Å². The van der Waals surface area contributed by atoms with Crippen molar-refractivity contribution in [2.45, 2.75) is 6.54 Å². The van der Waals surface area contributed by atoms with Crippen LogP contribution in [0, 0.1) is 0 Å². The predicted octanol–water partition coefficient (Wildman–Crippen LogP) is 2.49. The highest BCUT2D eigenvalue weighted by molar-refractivity contribution is 9.10. The molecule has 0 bridgehead atoms. The van der Waals surface area contributed by atoms with Crippen molar-refractivity contribution in [3.05, 3.63) is 20.8 Å². The van der Waals surface area contributed by atoms with E-state index in [0.717, 1.165) is 17.0 Å². The summed E-state index contributed by atoms with van der Waals surface area (Å²) in [5.41, 5.74) is 0. The second-order valence-corrected chi connectivity index (χ2v) is 5.55. The fourth-order valence-electron chi connectivity index (χ4n) is 1.27. The van der Waals surface area contributed by atoms with Crippen LogP contribution in [0.4, 0.5) is 0 Å². The van der Waals surface area contributed by atoms with Crippen molar-refractivity contribution in [1.82, 2.24) is 9.80 Å². The van der Waals surface area contributed by atoms with Gasteiger partial charge in [-0.3, -0.25) is 0 Å². The number of thiophene rings is 1. The van der Waals surface area contributed by atoms with E-state index in [2.05, 4.69) is 32.4 Å². The molecule has 0 fully saturated rings. The molecule has 0 unspecified atom stereocenters. The summed E-state index contributed by atoms with van der Waals surface area (Å²) in [5.74, 6) is 0.986. The average molecular weight is 290 g/mol. The maximum Gasteiger partial charge on any atom is 0.195 e. The van der Waals surface area contributed by atoms with Gasteiger partial charge < -0.3 is 9.80 Å². The van der Waals surface area contributed by atoms with Gasteiger partial charge in [0.05, 0.1) is 6.54 Å². The van der Waals surface area contributed by atoms with E-state index in [9.17, 15) is 0 Å². The van der Waals surface area contributed by atoms with E-state index in [0.29, 0.717) is 0 Å². The van der Waals surface area contributed by atoms with Crippen LogP contribution in [0.1, 0.15) is 4.88 Å². The van der Waals surface area contributed by atoms with Crippen LogP contribution in [0.2, 0.25) is 0 Å². The first-order chi connectivity index (χ1) is 7.00. The monoisotopic (exact) mass is 289 g/mol. The van der Waals surface area contributed by atoms with Gasteiger partial charge in [-0.15, -0.1) is 11.3 Å². The molecule has 0 saturated carbocycles. The third kappa shape index (κ3) is 3.83. The Morgan fingerprint density at radius 3 is 2.33 bits per heavy atom. The molecule has 1 rings (SSSR count). The van der Waals surface area contributed by atoms with Crippen LogP contribution in [0.15, 0.2) is 20.9 Å². The lowest BCUT2D eigenvalue weighted by Gasteiger charge is -2.22. The minimum atomic E-state index is 0.738. The summed E-state index contributed by atoms with van der Waals surface area (Å²) < 4.78 is 1.13. The molecule has 0 spiro atoms. The summed E-state index contributed by atoms with van der Waals surface area (Å²) in [6.07, 6.45) is 0. The summed E-state index contributed by atoms with van der Waals surface area (Å²) in [5, 5.41) is 2.08. The van der Waals surface area contributed by atoms with Crippen molar-refractivity contribution in [2.24, 2.45) is 4.99 Å². The van der Waals surface area contributed by atoms with Crippen molar-refractivity contribution in [3.63, 3.8) is 0 Å². The second-order valence-electron chi connectivity index (χ2n) is 3.64. The van der Waals surface area contributed by atoms with Crippen molar-refractivity contribution in [1.29, 1.82) is 0 Å². The van der Waals surface area contributed by atoms with E-state index in [1.807, 2.05) is 38.0 Å². The minimum absolute atomic E-state index is 0.738. The van der Waals surface area contributed by atoms with Crippen LogP contribution in [0.5, 0.6) is 0 Å². The zero-order chi connectivity index (χ0) is 11.4. The molecule has 0 aromatic carbocycles. The molecule has 0 aliphatic carbocycles. The Bertz CT molecular complexity index is 334.